The Balaban J connectivity index is 2.16. The molecule has 1 aromatic carbocycles. The minimum absolute atomic E-state index is 0.0433. The summed E-state index contributed by atoms with van der Waals surface area (Å²) in [5.74, 6) is 0.947. The molecular weight excluding hydrogens is 309 g/mol. The van der Waals surface area contributed by atoms with Crippen LogP contribution >= 0.6 is 23.4 Å². The largest absolute Gasteiger partial charge is 0.416 e. The monoisotopic (exact) mass is 322 g/mol. The van der Waals surface area contributed by atoms with Crippen molar-refractivity contribution in [3.8, 4) is 0 Å². The maximum absolute atomic E-state index is 12.5. The van der Waals surface area contributed by atoms with Crippen LogP contribution in [0.15, 0.2) is 23.2 Å². The predicted molar refractivity (Wildman–Crippen MR) is 78.7 cm³/mol. The number of halogens is 4. The molecule has 2 nitrogen and oxygen atoms in total. The summed E-state index contributed by atoms with van der Waals surface area (Å²) < 4.78 is 37.6. The van der Waals surface area contributed by atoms with Crippen molar-refractivity contribution in [1.29, 1.82) is 0 Å². The van der Waals surface area contributed by atoms with E-state index in [1.807, 2.05) is 0 Å². The van der Waals surface area contributed by atoms with E-state index in [0.29, 0.717) is 10.9 Å². The van der Waals surface area contributed by atoms with Gasteiger partial charge in [-0.25, -0.2) is 0 Å². The number of thioether (sulfide) groups is 1. The molecule has 1 aromatic rings. The molecule has 0 bridgehead atoms. The van der Waals surface area contributed by atoms with Crippen LogP contribution in [0.25, 0.3) is 0 Å². The van der Waals surface area contributed by atoms with Gasteiger partial charge in [-0.15, -0.1) is 0 Å². The molecule has 0 amide bonds. The second-order valence-electron chi connectivity index (χ2n) is 4.45. The van der Waals surface area contributed by atoms with Gasteiger partial charge in [-0.1, -0.05) is 30.3 Å². The zero-order valence-corrected chi connectivity index (χ0v) is 12.4. The first-order chi connectivity index (χ1) is 9.40. The van der Waals surface area contributed by atoms with Crippen LogP contribution < -0.4 is 5.32 Å². The maximum Gasteiger partial charge on any atom is 0.416 e. The van der Waals surface area contributed by atoms with Gasteiger partial charge in [0.1, 0.15) is 0 Å². The number of rotatable bonds is 2. The summed E-state index contributed by atoms with van der Waals surface area (Å²) in [6, 6.07) is 3.55. The average molecular weight is 323 g/mol. The third-order valence-electron chi connectivity index (χ3n) is 3.00. The number of hydrogen-bond donors (Lipinski definition) is 1. The van der Waals surface area contributed by atoms with Crippen molar-refractivity contribution in [2.75, 3.05) is 11.1 Å². The lowest BCUT2D eigenvalue weighted by Crippen LogP contribution is -2.19. The lowest BCUT2D eigenvalue weighted by atomic mass is 10.2. The van der Waals surface area contributed by atoms with Crippen molar-refractivity contribution in [2.24, 2.45) is 4.99 Å². The van der Waals surface area contributed by atoms with Crippen molar-refractivity contribution < 1.29 is 13.2 Å². The number of nitrogens with zero attached hydrogens (tertiary/aromatic N) is 1. The Labute approximate surface area is 124 Å². The van der Waals surface area contributed by atoms with E-state index in [4.69, 9.17) is 11.6 Å². The Morgan fingerprint density at radius 1 is 1.45 bits per heavy atom. The molecule has 7 heteroatoms. The topological polar surface area (TPSA) is 24.4 Å². The van der Waals surface area contributed by atoms with Crippen molar-refractivity contribution in [3.63, 3.8) is 0 Å². The zero-order valence-electron chi connectivity index (χ0n) is 10.8. The quantitative estimate of drug-likeness (QED) is 0.824. The summed E-state index contributed by atoms with van der Waals surface area (Å²) >= 11 is 7.45. The molecule has 2 rings (SSSR count). The van der Waals surface area contributed by atoms with E-state index in [-0.39, 0.29) is 11.1 Å². The van der Waals surface area contributed by atoms with Gasteiger partial charge >= 0.3 is 6.18 Å². The normalized spacial score (nSPS) is 19.6. The first-order valence-corrected chi connectivity index (χ1v) is 7.61. The molecular formula is C13H14ClF3N2S. The summed E-state index contributed by atoms with van der Waals surface area (Å²) in [5.41, 5.74) is -0.305. The minimum Gasteiger partial charge on any atom is -0.334 e. The maximum atomic E-state index is 12.5. The van der Waals surface area contributed by atoms with Crippen LogP contribution in [0.3, 0.4) is 0 Å². The lowest BCUT2D eigenvalue weighted by Gasteiger charge is -2.20. The Kier molecular flexibility index (Phi) is 4.86. The van der Waals surface area contributed by atoms with Crippen LogP contribution in [0, 0.1) is 0 Å². The Morgan fingerprint density at radius 2 is 2.20 bits per heavy atom. The van der Waals surface area contributed by atoms with Gasteiger partial charge in [-0.2, -0.15) is 13.2 Å². The molecule has 1 N–H and O–H groups in total. The number of aliphatic imine (C=N–C) groups is 1. The number of anilines is 1. The average Bonchev–Trinajstić information content (AvgIpc) is 2.40. The van der Waals surface area contributed by atoms with Gasteiger partial charge in [0.05, 0.1) is 22.3 Å². The molecule has 0 radical (unpaired) electrons. The fourth-order valence-corrected chi connectivity index (χ4v) is 3.05. The number of hydrogen-bond acceptors (Lipinski definition) is 3. The second kappa shape index (κ2) is 6.26. The summed E-state index contributed by atoms with van der Waals surface area (Å²) in [6.45, 7) is 2.06. The summed E-state index contributed by atoms with van der Waals surface area (Å²) in [7, 11) is 0. The molecule has 0 aliphatic carbocycles. The fraction of sp³-hybridized carbons (Fsp3) is 0.462. The Hall–Kier alpha value is -0.880. The van der Waals surface area contributed by atoms with Crippen LogP contribution in [-0.4, -0.2) is 17.0 Å². The first-order valence-electron chi connectivity index (χ1n) is 6.24. The number of alkyl halides is 3. The highest BCUT2D eigenvalue weighted by Gasteiger charge is 2.31. The summed E-state index contributed by atoms with van der Waals surface area (Å²) in [6.07, 6.45) is -2.41. The summed E-state index contributed by atoms with van der Waals surface area (Å²) in [4.78, 5) is 4.50. The van der Waals surface area contributed by atoms with Crippen LogP contribution in [0.5, 0.6) is 0 Å². The van der Waals surface area contributed by atoms with Crippen LogP contribution in [0.1, 0.15) is 25.3 Å². The minimum atomic E-state index is -4.38. The van der Waals surface area contributed by atoms with E-state index in [2.05, 4.69) is 17.2 Å². The Bertz CT molecular complexity index is 517. The van der Waals surface area contributed by atoms with E-state index in [1.165, 1.54) is 6.07 Å². The number of nitrogens with one attached hydrogen (secondary N) is 1. The van der Waals surface area contributed by atoms with Crippen molar-refractivity contribution in [2.45, 2.75) is 32.0 Å². The van der Waals surface area contributed by atoms with E-state index in [9.17, 15) is 13.2 Å². The highest BCUT2D eigenvalue weighted by atomic mass is 35.5. The van der Waals surface area contributed by atoms with Gasteiger partial charge in [0.2, 0.25) is 0 Å². The fourth-order valence-electron chi connectivity index (χ4n) is 1.83. The van der Waals surface area contributed by atoms with Gasteiger partial charge in [0.25, 0.3) is 0 Å². The molecule has 1 aliphatic rings. The van der Waals surface area contributed by atoms with Crippen molar-refractivity contribution in [1.82, 2.24) is 0 Å². The molecule has 0 saturated heterocycles. The van der Waals surface area contributed by atoms with Crippen LogP contribution in [-0.2, 0) is 6.18 Å². The molecule has 1 aliphatic heterocycles. The van der Waals surface area contributed by atoms with E-state index in [1.54, 1.807) is 11.8 Å². The van der Waals surface area contributed by atoms with Crippen molar-refractivity contribution in [3.05, 3.63) is 28.8 Å². The molecule has 20 heavy (non-hydrogen) atoms. The van der Waals surface area contributed by atoms with E-state index < -0.39 is 11.7 Å². The predicted octanol–water partition coefficient (Wildman–Crippen LogP) is 5.04. The highest BCUT2D eigenvalue weighted by molar-refractivity contribution is 8.14. The number of amidine groups is 1. The standard InChI is InChI=1S/C13H14ClF3N2S/c1-2-9-5-6-20-12(18-9)19-11-4-3-8(7-10(11)14)13(15,16)17/h3-4,7,9H,2,5-6H2,1H3,(H,18,19). The molecule has 1 unspecified atom stereocenters. The van der Waals surface area contributed by atoms with Gasteiger partial charge < -0.3 is 5.32 Å². The van der Waals surface area contributed by atoms with Gasteiger partial charge in [-0.3, -0.25) is 4.99 Å². The summed E-state index contributed by atoms with van der Waals surface area (Å²) in [5, 5.41) is 3.76. The SMILES string of the molecule is CCC1CCSC(Nc2ccc(C(F)(F)F)cc2Cl)=N1. The molecule has 110 valence electrons. The number of benzene rings is 1. The smallest absolute Gasteiger partial charge is 0.334 e. The second-order valence-corrected chi connectivity index (χ2v) is 5.94. The first kappa shape index (κ1) is 15.5. The van der Waals surface area contributed by atoms with E-state index >= 15 is 0 Å². The van der Waals surface area contributed by atoms with Gasteiger partial charge in [0.15, 0.2) is 5.17 Å². The molecule has 0 fully saturated rings. The third-order valence-corrected chi connectivity index (χ3v) is 4.23. The molecule has 1 atom stereocenters. The molecule has 0 spiro atoms. The van der Waals surface area contributed by atoms with Gasteiger partial charge in [-0.05, 0) is 31.0 Å². The highest BCUT2D eigenvalue weighted by Crippen LogP contribution is 2.34. The third kappa shape index (κ3) is 3.82. The lowest BCUT2D eigenvalue weighted by molar-refractivity contribution is -0.137. The molecule has 0 aromatic heterocycles. The molecule has 1 heterocycles. The van der Waals surface area contributed by atoms with Crippen molar-refractivity contribution >= 4 is 34.2 Å². The van der Waals surface area contributed by atoms with Gasteiger partial charge in [0, 0.05) is 5.75 Å². The zero-order chi connectivity index (χ0) is 14.8. The Morgan fingerprint density at radius 3 is 2.80 bits per heavy atom. The van der Waals surface area contributed by atoms with Crippen LogP contribution in [0.4, 0.5) is 18.9 Å². The van der Waals surface area contributed by atoms with E-state index in [0.717, 1.165) is 30.7 Å². The molecule has 0 saturated carbocycles. The van der Waals surface area contributed by atoms with Crippen LogP contribution in [0.2, 0.25) is 5.02 Å².